The highest BCUT2D eigenvalue weighted by molar-refractivity contribution is 7.19. The van der Waals surface area contributed by atoms with Crippen molar-refractivity contribution in [3.63, 3.8) is 0 Å². The average Bonchev–Trinajstić information content (AvgIpc) is 2.91. The third-order valence-electron chi connectivity index (χ3n) is 3.52. The van der Waals surface area contributed by atoms with Crippen molar-refractivity contribution in [2.75, 3.05) is 14.2 Å². The number of hydrogen-bond donors (Lipinski definition) is 1. The molecule has 4 heteroatoms. The first-order chi connectivity index (χ1) is 10.2. The quantitative estimate of drug-likeness (QED) is 0.773. The topological polar surface area (TPSA) is 21.3 Å². The van der Waals surface area contributed by atoms with Gasteiger partial charge in [-0.05, 0) is 42.8 Å². The van der Waals surface area contributed by atoms with Gasteiger partial charge in [0.2, 0.25) is 0 Å². The molecule has 0 amide bonds. The highest BCUT2D eigenvalue weighted by Crippen LogP contribution is 2.36. The van der Waals surface area contributed by atoms with Crippen LogP contribution in [0.3, 0.4) is 0 Å². The fraction of sp³-hybridized carbons (Fsp3) is 0.176. The molecule has 0 aliphatic rings. The van der Waals surface area contributed by atoms with Crippen LogP contribution in [0.4, 0.5) is 4.39 Å². The lowest BCUT2D eigenvalue weighted by Crippen LogP contribution is -2.17. The molecular formula is C17H16FNOS. The summed E-state index contributed by atoms with van der Waals surface area (Å²) in [6.45, 7) is 0. The Labute approximate surface area is 127 Å². The largest absolute Gasteiger partial charge is 0.496 e. The molecule has 1 aromatic heterocycles. The second-order valence-corrected chi connectivity index (χ2v) is 5.91. The molecule has 0 bridgehead atoms. The summed E-state index contributed by atoms with van der Waals surface area (Å²) in [5.74, 6) is 0.644. The lowest BCUT2D eigenvalue weighted by atomic mass is 10.0. The van der Waals surface area contributed by atoms with Gasteiger partial charge in [0.05, 0.1) is 13.2 Å². The summed E-state index contributed by atoms with van der Waals surface area (Å²) >= 11 is 1.67. The standard InChI is InChI=1S/C17H16FNOS/c1-19-17(13-5-3-4-6-14(13)20-2)16-10-11-9-12(18)7-8-15(11)21-16/h3-10,17,19H,1-2H3. The van der Waals surface area contributed by atoms with Gasteiger partial charge >= 0.3 is 0 Å². The van der Waals surface area contributed by atoms with Crippen LogP contribution in [0, 0.1) is 5.82 Å². The van der Waals surface area contributed by atoms with Crippen molar-refractivity contribution in [2.24, 2.45) is 0 Å². The van der Waals surface area contributed by atoms with E-state index in [0.717, 1.165) is 26.3 Å². The third-order valence-corrected chi connectivity index (χ3v) is 4.70. The minimum Gasteiger partial charge on any atom is -0.496 e. The van der Waals surface area contributed by atoms with E-state index in [9.17, 15) is 4.39 Å². The van der Waals surface area contributed by atoms with Crippen molar-refractivity contribution < 1.29 is 9.13 Å². The number of benzene rings is 2. The first kappa shape index (κ1) is 14.0. The van der Waals surface area contributed by atoms with Crippen LogP contribution in [0.5, 0.6) is 5.75 Å². The molecule has 0 saturated carbocycles. The SMILES string of the molecule is CNC(c1cc2cc(F)ccc2s1)c1ccccc1OC. The highest BCUT2D eigenvalue weighted by atomic mass is 32.1. The van der Waals surface area contributed by atoms with Crippen LogP contribution in [-0.4, -0.2) is 14.2 Å². The lowest BCUT2D eigenvalue weighted by molar-refractivity contribution is 0.405. The van der Waals surface area contributed by atoms with Gasteiger partial charge in [0.1, 0.15) is 11.6 Å². The average molecular weight is 301 g/mol. The molecule has 0 radical (unpaired) electrons. The van der Waals surface area contributed by atoms with Crippen LogP contribution >= 0.6 is 11.3 Å². The number of rotatable bonds is 4. The Bertz CT molecular complexity index is 768. The molecule has 21 heavy (non-hydrogen) atoms. The number of methoxy groups -OCH3 is 1. The van der Waals surface area contributed by atoms with Crippen molar-refractivity contribution in [3.8, 4) is 5.75 Å². The number of fused-ring (bicyclic) bond motifs is 1. The summed E-state index contributed by atoms with van der Waals surface area (Å²) in [6, 6.07) is 14.9. The maximum Gasteiger partial charge on any atom is 0.124 e. The zero-order valence-corrected chi connectivity index (χ0v) is 12.7. The predicted octanol–water partition coefficient (Wildman–Crippen LogP) is 4.36. The van der Waals surface area contributed by atoms with Crippen LogP contribution in [0.1, 0.15) is 16.5 Å². The second kappa shape index (κ2) is 5.84. The van der Waals surface area contributed by atoms with Crippen LogP contribution < -0.4 is 10.1 Å². The molecule has 2 nitrogen and oxygen atoms in total. The normalized spacial score (nSPS) is 12.5. The van der Waals surface area contributed by atoms with Gasteiger partial charge in [0.25, 0.3) is 0 Å². The number of hydrogen-bond acceptors (Lipinski definition) is 3. The Hall–Kier alpha value is -1.91. The molecule has 1 heterocycles. The Balaban J connectivity index is 2.09. The minimum atomic E-state index is -0.204. The minimum absolute atomic E-state index is 0.0293. The summed E-state index contributed by atoms with van der Waals surface area (Å²) in [7, 11) is 3.59. The van der Waals surface area contributed by atoms with E-state index in [1.807, 2.05) is 43.4 Å². The van der Waals surface area contributed by atoms with Gasteiger partial charge in [-0.1, -0.05) is 18.2 Å². The molecule has 1 unspecified atom stereocenters. The maximum absolute atomic E-state index is 13.3. The van der Waals surface area contributed by atoms with Gasteiger partial charge in [-0.15, -0.1) is 11.3 Å². The fourth-order valence-corrected chi connectivity index (χ4v) is 3.71. The molecule has 0 aliphatic carbocycles. The molecule has 1 atom stereocenters. The summed E-state index contributed by atoms with van der Waals surface area (Å²) in [4.78, 5) is 1.14. The van der Waals surface area contributed by atoms with Crippen molar-refractivity contribution in [2.45, 2.75) is 6.04 Å². The molecular weight excluding hydrogens is 285 g/mol. The number of thiophene rings is 1. The summed E-state index contributed by atoms with van der Waals surface area (Å²) in [5, 5.41) is 4.26. The lowest BCUT2D eigenvalue weighted by Gasteiger charge is -2.17. The van der Waals surface area contributed by atoms with E-state index < -0.39 is 0 Å². The summed E-state index contributed by atoms with van der Waals surface area (Å²) < 4.78 is 19.9. The summed E-state index contributed by atoms with van der Waals surface area (Å²) in [6.07, 6.45) is 0. The zero-order chi connectivity index (χ0) is 14.8. The van der Waals surface area contributed by atoms with E-state index in [1.54, 1.807) is 24.5 Å². The maximum atomic E-state index is 13.3. The predicted molar refractivity (Wildman–Crippen MR) is 85.7 cm³/mol. The Morgan fingerprint density at radius 3 is 2.71 bits per heavy atom. The van der Waals surface area contributed by atoms with Gasteiger partial charge in [0.15, 0.2) is 0 Å². The van der Waals surface area contributed by atoms with Crippen LogP contribution in [-0.2, 0) is 0 Å². The molecule has 0 spiro atoms. The molecule has 108 valence electrons. The number of halogens is 1. The van der Waals surface area contributed by atoms with Crippen LogP contribution in [0.15, 0.2) is 48.5 Å². The molecule has 3 rings (SSSR count). The van der Waals surface area contributed by atoms with Crippen molar-refractivity contribution in [1.29, 1.82) is 0 Å². The van der Waals surface area contributed by atoms with Gasteiger partial charge < -0.3 is 10.1 Å². The first-order valence-electron chi connectivity index (χ1n) is 6.72. The van der Waals surface area contributed by atoms with Gasteiger partial charge in [-0.2, -0.15) is 0 Å². The van der Waals surface area contributed by atoms with Gasteiger partial charge in [0, 0.05) is 15.1 Å². The monoisotopic (exact) mass is 301 g/mol. The highest BCUT2D eigenvalue weighted by Gasteiger charge is 2.18. The molecule has 0 aliphatic heterocycles. The molecule has 3 aromatic rings. The van der Waals surface area contributed by atoms with E-state index in [0.29, 0.717) is 0 Å². The molecule has 2 aromatic carbocycles. The second-order valence-electron chi connectivity index (χ2n) is 4.79. The van der Waals surface area contributed by atoms with Crippen LogP contribution in [0.2, 0.25) is 0 Å². The first-order valence-corrected chi connectivity index (χ1v) is 7.53. The van der Waals surface area contributed by atoms with E-state index in [1.165, 1.54) is 6.07 Å². The summed E-state index contributed by atoms with van der Waals surface area (Å²) in [5.41, 5.74) is 1.08. The van der Waals surface area contributed by atoms with Crippen molar-refractivity contribution in [1.82, 2.24) is 5.32 Å². The van der Waals surface area contributed by atoms with E-state index in [4.69, 9.17) is 4.74 Å². The van der Waals surface area contributed by atoms with E-state index >= 15 is 0 Å². The molecule has 1 N–H and O–H groups in total. The fourth-order valence-electron chi connectivity index (χ4n) is 2.53. The Morgan fingerprint density at radius 1 is 1.14 bits per heavy atom. The third kappa shape index (κ3) is 2.64. The smallest absolute Gasteiger partial charge is 0.124 e. The van der Waals surface area contributed by atoms with E-state index in [-0.39, 0.29) is 11.9 Å². The Kier molecular flexibility index (Phi) is 3.90. The van der Waals surface area contributed by atoms with Crippen molar-refractivity contribution in [3.05, 3.63) is 64.8 Å². The molecule has 0 fully saturated rings. The van der Waals surface area contributed by atoms with Crippen LogP contribution in [0.25, 0.3) is 10.1 Å². The van der Waals surface area contributed by atoms with Crippen molar-refractivity contribution >= 4 is 21.4 Å². The molecule has 0 saturated heterocycles. The number of nitrogens with one attached hydrogen (secondary N) is 1. The Morgan fingerprint density at radius 2 is 1.95 bits per heavy atom. The van der Waals surface area contributed by atoms with Gasteiger partial charge in [-0.25, -0.2) is 4.39 Å². The number of ether oxygens (including phenoxy) is 1. The van der Waals surface area contributed by atoms with Gasteiger partial charge in [-0.3, -0.25) is 0 Å². The number of para-hydroxylation sites is 1. The van der Waals surface area contributed by atoms with E-state index in [2.05, 4.69) is 5.32 Å². The zero-order valence-electron chi connectivity index (χ0n) is 11.9.